The first-order chi connectivity index (χ1) is 7.34. The molecule has 1 amide bonds. The molecule has 2 rings (SSSR count). The molecule has 82 valence electrons. The van der Waals surface area contributed by atoms with E-state index in [1.165, 1.54) is 19.2 Å². The van der Waals surface area contributed by atoms with Crippen molar-refractivity contribution in [2.45, 2.75) is 25.3 Å². The third-order valence-corrected chi connectivity index (χ3v) is 2.20. The maximum atomic E-state index is 11.3. The Bertz CT molecular complexity index is 308. The maximum Gasteiger partial charge on any atom is 0.233 e. The highest BCUT2D eigenvalue weighted by atomic mass is 16.5. The van der Waals surface area contributed by atoms with E-state index in [-0.39, 0.29) is 5.91 Å². The predicted molar refractivity (Wildman–Crippen MR) is 52.0 cm³/mol. The number of hydrogen-bond donors (Lipinski definition) is 2. The summed E-state index contributed by atoms with van der Waals surface area (Å²) in [5, 5.41) is 9.39. The van der Waals surface area contributed by atoms with Crippen LogP contribution < -0.4 is 10.6 Å². The van der Waals surface area contributed by atoms with Gasteiger partial charge >= 0.3 is 0 Å². The Morgan fingerprint density at radius 2 is 2.47 bits per heavy atom. The van der Waals surface area contributed by atoms with E-state index in [0.29, 0.717) is 31.4 Å². The van der Waals surface area contributed by atoms with Crippen molar-refractivity contribution in [3.8, 4) is 0 Å². The molecule has 1 aromatic rings. The molecule has 0 atom stereocenters. The van der Waals surface area contributed by atoms with E-state index in [4.69, 9.17) is 4.52 Å². The summed E-state index contributed by atoms with van der Waals surface area (Å²) in [4.78, 5) is 15.1. The number of nitrogens with one attached hydrogen (secondary N) is 2. The van der Waals surface area contributed by atoms with Crippen molar-refractivity contribution in [1.29, 1.82) is 0 Å². The standard InChI is InChI=1S/C9H14N4O2/c14-8(5-11-7-1-2-7)10-4-3-9-12-6-13-15-9/h6-7,11H,1-5H2,(H,10,14). The van der Waals surface area contributed by atoms with Gasteiger partial charge in [-0.05, 0) is 12.8 Å². The number of amides is 1. The van der Waals surface area contributed by atoms with Gasteiger partial charge in [0.15, 0.2) is 6.33 Å². The Kier molecular flexibility index (Phi) is 3.29. The summed E-state index contributed by atoms with van der Waals surface area (Å²) in [6.07, 6.45) is 4.31. The average Bonchev–Trinajstić information content (AvgIpc) is 2.92. The summed E-state index contributed by atoms with van der Waals surface area (Å²) in [7, 11) is 0. The highest BCUT2D eigenvalue weighted by Crippen LogP contribution is 2.17. The minimum atomic E-state index is 0.0152. The summed E-state index contributed by atoms with van der Waals surface area (Å²) >= 11 is 0. The van der Waals surface area contributed by atoms with Gasteiger partial charge in [-0.25, -0.2) is 0 Å². The second-order valence-corrected chi connectivity index (χ2v) is 3.59. The van der Waals surface area contributed by atoms with E-state index in [2.05, 4.69) is 20.8 Å². The van der Waals surface area contributed by atoms with Crippen LogP contribution in [0, 0.1) is 0 Å². The van der Waals surface area contributed by atoms with Crippen LogP contribution in [0.2, 0.25) is 0 Å². The predicted octanol–water partition coefficient (Wildman–Crippen LogP) is -0.520. The zero-order valence-electron chi connectivity index (χ0n) is 8.40. The van der Waals surface area contributed by atoms with Crippen molar-refractivity contribution in [3.63, 3.8) is 0 Å². The molecule has 2 N–H and O–H groups in total. The van der Waals surface area contributed by atoms with Crippen LogP contribution in [-0.4, -0.2) is 35.2 Å². The molecular formula is C9H14N4O2. The lowest BCUT2D eigenvalue weighted by Gasteiger charge is -2.03. The smallest absolute Gasteiger partial charge is 0.233 e. The molecule has 1 heterocycles. The lowest BCUT2D eigenvalue weighted by Crippen LogP contribution is -2.35. The molecular weight excluding hydrogens is 196 g/mol. The van der Waals surface area contributed by atoms with Gasteiger partial charge in [0.25, 0.3) is 0 Å². The fourth-order valence-corrected chi connectivity index (χ4v) is 1.20. The highest BCUT2D eigenvalue weighted by Gasteiger charge is 2.20. The normalized spacial score (nSPS) is 15.2. The molecule has 0 unspecified atom stereocenters. The number of carbonyl (C=O) groups is 1. The van der Waals surface area contributed by atoms with Crippen LogP contribution in [0.3, 0.4) is 0 Å². The fraction of sp³-hybridized carbons (Fsp3) is 0.667. The van der Waals surface area contributed by atoms with Gasteiger partial charge in [0.1, 0.15) is 0 Å². The topological polar surface area (TPSA) is 80.0 Å². The minimum Gasteiger partial charge on any atom is -0.354 e. The van der Waals surface area contributed by atoms with Gasteiger partial charge in [-0.1, -0.05) is 5.16 Å². The van der Waals surface area contributed by atoms with Gasteiger partial charge in [-0.15, -0.1) is 0 Å². The van der Waals surface area contributed by atoms with Crippen molar-refractivity contribution in [1.82, 2.24) is 20.8 Å². The molecule has 0 aromatic carbocycles. The monoisotopic (exact) mass is 210 g/mol. The lowest BCUT2D eigenvalue weighted by molar-refractivity contribution is -0.120. The molecule has 1 aliphatic rings. The van der Waals surface area contributed by atoms with Crippen LogP contribution in [-0.2, 0) is 11.2 Å². The van der Waals surface area contributed by atoms with Gasteiger partial charge < -0.3 is 15.2 Å². The molecule has 15 heavy (non-hydrogen) atoms. The second-order valence-electron chi connectivity index (χ2n) is 3.59. The summed E-state index contributed by atoms with van der Waals surface area (Å²) in [5.74, 6) is 0.562. The van der Waals surface area contributed by atoms with E-state index < -0.39 is 0 Å². The van der Waals surface area contributed by atoms with Crippen molar-refractivity contribution >= 4 is 5.91 Å². The minimum absolute atomic E-state index is 0.0152. The third-order valence-electron chi connectivity index (χ3n) is 2.20. The molecule has 6 heteroatoms. The quantitative estimate of drug-likeness (QED) is 0.660. The van der Waals surface area contributed by atoms with Crippen molar-refractivity contribution in [2.24, 2.45) is 0 Å². The maximum absolute atomic E-state index is 11.3. The van der Waals surface area contributed by atoms with Gasteiger partial charge in [-0.3, -0.25) is 4.79 Å². The van der Waals surface area contributed by atoms with E-state index in [0.717, 1.165) is 0 Å². The highest BCUT2D eigenvalue weighted by molar-refractivity contribution is 5.78. The molecule has 1 saturated carbocycles. The van der Waals surface area contributed by atoms with Crippen molar-refractivity contribution in [2.75, 3.05) is 13.1 Å². The van der Waals surface area contributed by atoms with Gasteiger partial charge in [-0.2, -0.15) is 4.98 Å². The lowest BCUT2D eigenvalue weighted by atomic mass is 10.4. The Morgan fingerprint density at radius 1 is 1.60 bits per heavy atom. The van der Waals surface area contributed by atoms with Crippen LogP contribution in [0.25, 0.3) is 0 Å². The Morgan fingerprint density at radius 3 is 3.13 bits per heavy atom. The van der Waals surface area contributed by atoms with E-state index in [1.54, 1.807) is 0 Å². The summed E-state index contributed by atoms with van der Waals surface area (Å²) in [6, 6.07) is 0.562. The molecule has 0 saturated heterocycles. The van der Waals surface area contributed by atoms with Crippen molar-refractivity contribution < 1.29 is 9.32 Å². The largest absolute Gasteiger partial charge is 0.354 e. The molecule has 6 nitrogen and oxygen atoms in total. The summed E-state index contributed by atoms with van der Waals surface area (Å²) < 4.78 is 4.80. The molecule has 0 aliphatic heterocycles. The molecule has 0 radical (unpaired) electrons. The first kappa shape index (κ1) is 10.1. The SMILES string of the molecule is O=C(CNC1CC1)NCCc1ncno1. The average molecular weight is 210 g/mol. The molecule has 1 fully saturated rings. The van der Waals surface area contributed by atoms with Gasteiger partial charge in [0, 0.05) is 19.0 Å². The second kappa shape index (κ2) is 4.88. The van der Waals surface area contributed by atoms with Gasteiger partial charge in [0.2, 0.25) is 11.8 Å². The number of carbonyl (C=O) groups excluding carboxylic acids is 1. The fourth-order valence-electron chi connectivity index (χ4n) is 1.20. The Labute approximate surface area is 87.4 Å². The van der Waals surface area contributed by atoms with E-state index in [9.17, 15) is 4.79 Å². The zero-order valence-corrected chi connectivity index (χ0v) is 8.40. The van der Waals surface area contributed by atoms with Crippen molar-refractivity contribution in [3.05, 3.63) is 12.2 Å². The number of aromatic nitrogens is 2. The van der Waals surface area contributed by atoms with Crippen LogP contribution >= 0.6 is 0 Å². The number of rotatable bonds is 6. The zero-order chi connectivity index (χ0) is 10.5. The Balaban J connectivity index is 1.54. The van der Waals surface area contributed by atoms with Gasteiger partial charge in [0.05, 0.1) is 6.54 Å². The summed E-state index contributed by atoms with van der Waals surface area (Å²) in [6.45, 7) is 0.932. The molecule has 1 aliphatic carbocycles. The molecule has 1 aromatic heterocycles. The number of nitrogens with zero attached hydrogens (tertiary/aromatic N) is 2. The summed E-state index contributed by atoms with van der Waals surface area (Å²) in [5.41, 5.74) is 0. The van der Waals surface area contributed by atoms with Crippen LogP contribution in [0.15, 0.2) is 10.9 Å². The third kappa shape index (κ3) is 3.67. The van der Waals surface area contributed by atoms with Crippen LogP contribution in [0.5, 0.6) is 0 Å². The first-order valence-corrected chi connectivity index (χ1v) is 5.10. The molecule has 0 spiro atoms. The van der Waals surface area contributed by atoms with E-state index >= 15 is 0 Å². The molecule has 0 bridgehead atoms. The Hall–Kier alpha value is -1.43. The number of hydrogen-bond acceptors (Lipinski definition) is 5. The van der Waals surface area contributed by atoms with E-state index in [1.807, 2.05) is 0 Å². The first-order valence-electron chi connectivity index (χ1n) is 5.10. The van der Waals surface area contributed by atoms with Crippen LogP contribution in [0.1, 0.15) is 18.7 Å². The van der Waals surface area contributed by atoms with Crippen LogP contribution in [0.4, 0.5) is 0 Å².